The molecule has 3 rings (SSSR count). The van der Waals surface area contributed by atoms with Crippen molar-refractivity contribution in [3.05, 3.63) is 76.3 Å². The highest BCUT2D eigenvalue weighted by Crippen LogP contribution is 2.10. The maximum Gasteiger partial charge on any atom is 0.306 e. The van der Waals surface area contributed by atoms with E-state index in [1.54, 1.807) is 23.1 Å². The molecule has 31 heavy (non-hydrogen) atoms. The Bertz CT molecular complexity index is 1090. The lowest BCUT2D eigenvalue weighted by Gasteiger charge is -2.26. The van der Waals surface area contributed by atoms with E-state index in [1.165, 1.54) is 0 Å². The zero-order valence-corrected chi connectivity index (χ0v) is 17.8. The summed E-state index contributed by atoms with van der Waals surface area (Å²) in [5.41, 5.74) is 1.45. The second-order valence-electron chi connectivity index (χ2n) is 7.64. The fourth-order valence-corrected chi connectivity index (χ4v) is 3.29. The van der Waals surface area contributed by atoms with Crippen molar-refractivity contribution in [2.24, 2.45) is 0 Å². The minimum absolute atomic E-state index is 0.0118. The van der Waals surface area contributed by atoms with Crippen LogP contribution >= 0.6 is 0 Å². The zero-order chi connectivity index (χ0) is 22.2. The van der Waals surface area contributed by atoms with Gasteiger partial charge in [-0.2, -0.15) is 0 Å². The molecule has 0 aliphatic carbocycles. The molecule has 0 aliphatic rings. The summed E-state index contributed by atoms with van der Waals surface area (Å²) in [4.78, 5) is 45.6. The lowest BCUT2D eigenvalue weighted by atomic mass is 10.2. The van der Waals surface area contributed by atoms with Gasteiger partial charge in [0, 0.05) is 25.4 Å². The van der Waals surface area contributed by atoms with Gasteiger partial charge in [0.15, 0.2) is 6.61 Å². The van der Waals surface area contributed by atoms with Crippen molar-refractivity contribution in [3.63, 3.8) is 0 Å². The second-order valence-corrected chi connectivity index (χ2v) is 7.64. The van der Waals surface area contributed by atoms with Crippen molar-refractivity contribution in [2.75, 3.05) is 6.61 Å². The van der Waals surface area contributed by atoms with Crippen LogP contribution in [0.2, 0.25) is 0 Å². The number of para-hydroxylation sites is 1. The molecule has 0 saturated heterocycles. The number of fused-ring (bicyclic) bond motifs is 1. The molecular weight excluding hydrogens is 394 g/mol. The Morgan fingerprint density at radius 1 is 1.06 bits per heavy atom. The number of benzene rings is 2. The summed E-state index contributed by atoms with van der Waals surface area (Å²) in [6.07, 6.45) is 1.05. The zero-order valence-electron chi connectivity index (χ0n) is 17.8. The number of aryl methyl sites for hydroxylation is 1. The standard InChI is InChI=1S/C24H27N3O4/c1-17(2)27(15-18-9-4-3-5-10-18)22(28)16-31-23(29)14-8-13-21-25-20-12-7-6-11-19(20)24(30)26-21/h3-7,9-12,17H,8,13-16H2,1-2H3,(H,25,26,30). The molecule has 7 heteroatoms. The number of ether oxygens (including phenoxy) is 1. The average Bonchev–Trinajstić information content (AvgIpc) is 2.76. The van der Waals surface area contributed by atoms with Crippen molar-refractivity contribution in [2.45, 2.75) is 45.7 Å². The fourth-order valence-electron chi connectivity index (χ4n) is 3.29. The van der Waals surface area contributed by atoms with Gasteiger partial charge < -0.3 is 14.6 Å². The molecule has 0 fully saturated rings. The van der Waals surface area contributed by atoms with Gasteiger partial charge in [-0.05, 0) is 38.0 Å². The topological polar surface area (TPSA) is 92.4 Å². The lowest BCUT2D eigenvalue weighted by molar-refractivity contribution is -0.153. The summed E-state index contributed by atoms with van der Waals surface area (Å²) in [7, 11) is 0. The summed E-state index contributed by atoms with van der Waals surface area (Å²) in [6.45, 7) is 4.05. The van der Waals surface area contributed by atoms with Crippen LogP contribution in [0, 0.1) is 0 Å². The van der Waals surface area contributed by atoms with Crippen molar-refractivity contribution in [3.8, 4) is 0 Å². The molecule has 0 saturated carbocycles. The Morgan fingerprint density at radius 2 is 1.77 bits per heavy atom. The van der Waals surface area contributed by atoms with E-state index >= 15 is 0 Å². The molecule has 1 heterocycles. The van der Waals surface area contributed by atoms with Crippen LogP contribution < -0.4 is 5.56 Å². The Balaban J connectivity index is 1.47. The number of H-pyrrole nitrogens is 1. The number of carbonyl (C=O) groups is 2. The van der Waals surface area contributed by atoms with Gasteiger partial charge in [-0.25, -0.2) is 4.98 Å². The maximum atomic E-state index is 12.5. The summed E-state index contributed by atoms with van der Waals surface area (Å²) < 4.78 is 5.18. The van der Waals surface area contributed by atoms with E-state index in [1.807, 2.05) is 50.2 Å². The number of esters is 1. The summed E-state index contributed by atoms with van der Waals surface area (Å²) >= 11 is 0. The summed E-state index contributed by atoms with van der Waals surface area (Å²) in [6, 6.07) is 16.8. The number of carbonyl (C=O) groups excluding carboxylic acids is 2. The molecular formula is C24H27N3O4. The molecule has 0 radical (unpaired) electrons. The van der Waals surface area contributed by atoms with Crippen molar-refractivity contribution in [1.82, 2.24) is 14.9 Å². The molecule has 1 aromatic heterocycles. The number of aromatic amines is 1. The number of nitrogens with zero attached hydrogens (tertiary/aromatic N) is 2. The van der Waals surface area contributed by atoms with Crippen LogP contribution in [-0.4, -0.2) is 39.4 Å². The van der Waals surface area contributed by atoms with Gasteiger partial charge in [-0.1, -0.05) is 42.5 Å². The Morgan fingerprint density at radius 3 is 2.52 bits per heavy atom. The highest BCUT2D eigenvalue weighted by atomic mass is 16.5. The predicted octanol–water partition coefficient (Wildman–Crippen LogP) is 3.23. The molecule has 7 nitrogen and oxygen atoms in total. The monoisotopic (exact) mass is 421 g/mol. The average molecular weight is 421 g/mol. The fraction of sp³-hybridized carbons (Fsp3) is 0.333. The van der Waals surface area contributed by atoms with Crippen LogP contribution in [0.5, 0.6) is 0 Å². The quantitative estimate of drug-likeness (QED) is 0.536. The SMILES string of the molecule is CC(C)N(Cc1ccccc1)C(=O)COC(=O)CCCc1nc2ccccc2c(=O)[nH]1. The second kappa shape index (κ2) is 10.5. The first-order valence-electron chi connectivity index (χ1n) is 10.4. The molecule has 1 N–H and O–H groups in total. The summed E-state index contributed by atoms with van der Waals surface area (Å²) in [5, 5.41) is 0.536. The first-order valence-corrected chi connectivity index (χ1v) is 10.4. The van der Waals surface area contributed by atoms with Gasteiger partial charge in [0.2, 0.25) is 0 Å². The molecule has 3 aromatic rings. The van der Waals surface area contributed by atoms with Gasteiger partial charge in [0.1, 0.15) is 5.82 Å². The van der Waals surface area contributed by atoms with Gasteiger partial charge in [-0.3, -0.25) is 14.4 Å². The van der Waals surface area contributed by atoms with Crippen LogP contribution in [0.25, 0.3) is 10.9 Å². The first-order chi connectivity index (χ1) is 14.9. The van der Waals surface area contributed by atoms with Crippen LogP contribution in [0.4, 0.5) is 0 Å². The molecule has 0 spiro atoms. The van der Waals surface area contributed by atoms with Crippen LogP contribution in [0.15, 0.2) is 59.4 Å². The van der Waals surface area contributed by atoms with Crippen LogP contribution in [0.3, 0.4) is 0 Å². The minimum Gasteiger partial charge on any atom is -0.456 e. The molecule has 0 unspecified atom stereocenters. The third kappa shape index (κ3) is 6.25. The van der Waals surface area contributed by atoms with Crippen LogP contribution in [-0.2, 0) is 27.3 Å². The number of rotatable bonds is 9. The van der Waals surface area contributed by atoms with Crippen molar-refractivity contribution in [1.29, 1.82) is 0 Å². The molecule has 0 bridgehead atoms. The van der Waals surface area contributed by atoms with Crippen LogP contribution in [0.1, 0.15) is 38.1 Å². The Labute approximate surface area is 181 Å². The van der Waals surface area contributed by atoms with E-state index in [0.717, 1.165) is 5.56 Å². The molecule has 0 aliphatic heterocycles. The number of nitrogens with one attached hydrogen (secondary N) is 1. The molecule has 0 atom stereocenters. The first kappa shape index (κ1) is 22.2. The van der Waals surface area contributed by atoms with E-state index in [-0.39, 0.29) is 30.5 Å². The van der Waals surface area contributed by atoms with E-state index in [9.17, 15) is 14.4 Å². The summed E-state index contributed by atoms with van der Waals surface area (Å²) in [5.74, 6) is -0.144. The number of amides is 1. The van der Waals surface area contributed by atoms with Crippen molar-refractivity contribution >= 4 is 22.8 Å². The molecule has 162 valence electrons. The van der Waals surface area contributed by atoms with Crippen molar-refractivity contribution < 1.29 is 14.3 Å². The molecule has 1 amide bonds. The Kier molecular flexibility index (Phi) is 7.54. The van der Waals surface area contributed by atoms with E-state index in [2.05, 4.69) is 9.97 Å². The third-order valence-corrected chi connectivity index (χ3v) is 4.95. The number of hydrogen-bond donors (Lipinski definition) is 1. The van der Waals surface area contributed by atoms with E-state index in [0.29, 0.717) is 36.1 Å². The van der Waals surface area contributed by atoms with Gasteiger partial charge >= 0.3 is 5.97 Å². The normalized spacial score (nSPS) is 10.9. The predicted molar refractivity (Wildman–Crippen MR) is 118 cm³/mol. The Hall–Kier alpha value is -3.48. The highest BCUT2D eigenvalue weighted by molar-refractivity contribution is 5.81. The van der Waals surface area contributed by atoms with Gasteiger partial charge in [-0.15, -0.1) is 0 Å². The maximum absolute atomic E-state index is 12.5. The smallest absolute Gasteiger partial charge is 0.306 e. The van der Waals surface area contributed by atoms with Gasteiger partial charge in [0.05, 0.1) is 10.9 Å². The molecule has 2 aromatic carbocycles. The largest absolute Gasteiger partial charge is 0.456 e. The van der Waals surface area contributed by atoms with E-state index < -0.39 is 5.97 Å². The van der Waals surface area contributed by atoms with E-state index in [4.69, 9.17) is 4.74 Å². The third-order valence-electron chi connectivity index (χ3n) is 4.95. The van der Waals surface area contributed by atoms with Gasteiger partial charge in [0.25, 0.3) is 11.5 Å². The number of aromatic nitrogens is 2. The highest BCUT2D eigenvalue weighted by Gasteiger charge is 2.19. The minimum atomic E-state index is -0.445. The lowest BCUT2D eigenvalue weighted by Crippen LogP contribution is -2.39. The number of hydrogen-bond acceptors (Lipinski definition) is 5.